The molecule has 1 heterocycles. The number of amides is 1. The summed E-state index contributed by atoms with van der Waals surface area (Å²) in [5, 5.41) is 0.494. The zero-order valence-electron chi connectivity index (χ0n) is 22.9. The van der Waals surface area contributed by atoms with E-state index in [9.17, 15) is 4.79 Å². The van der Waals surface area contributed by atoms with Crippen molar-refractivity contribution in [2.45, 2.75) is 31.3 Å². The maximum atomic E-state index is 12.8. The molecule has 3 aromatic rings. The van der Waals surface area contributed by atoms with Gasteiger partial charge in [0, 0.05) is 44.7 Å². The number of halogens is 1. The van der Waals surface area contributed by atoms with Crippen molar-refractivity contribution in [3.63, 3.8) is 0 Å². The fourth-order valence-electron chi connectivity index (χ4n) is 5.10. The summed E-state index contributed by atoms with van der Waals surface area (Å²) in [5.41, 5.74) is 3.29. The van der Waals surface area contributed by atoms with Crippen LogP contribution in [0.4, 0.5) is 0 Å². The average molecular weight is 534 g/mol. The zero-order chi connectivity index (χ0) is 26.9. The maximum Gasteiger partial charge on any atom is 0.253 e. The first-order valence-corrected chi connectivity index (χ1v) is 14.0. The molecule has 0 saturated carbocycles. The minimum Gasteiger partial charge on any atom is -0.489 e. The maximum absolute atomic E-state index is 12.8. The van der Waals surface area contributed by atoms with Crippen molar-refractivity contribution < 1.29 is 9.53 Å². The molecule has 1 fully saturated rings. The lowest BCUT2D eigenvalue weighted by molar-refractivity contribution is 0.0790. The Morgan fingerprint density at radius 3 is 2.08 bits per heavy atom. The molecule has 0 unspecified atom stereocenters. The van der Waals surface area contributed by atoms with Crippen molar-refractivity contribution in [2.24, 2.45) is 0 Å². The summed E-state index contributed by atoms with van der Waals surface area (Å²) in [5.74, 6) is 0.982. The Balaban J connectivity index is 1.31. The standard InChI is InChI=1S/C32H40ClN3O2/c1-34(2)19-10-20-35(3)32(37)27-15-16-31(30(33)23-27)38-28-17-21-36(22-18-28)24-29(25-11-6-4-7-12-25)26-13-8-5-9-14-26/h4-9,11-16,23,28-29H,10,17-22,24H2,1-3H3. The molecule has 0 radical (unpaired) electrons. The van der Waals surface area contributed by atoms with Crippen LogP contribution in [-0.2, 0) is 0 Å². The van der Waals surface area contributed by atoms with E-state index in [0.717, 1.165) is 45.4 Å². The van der Waals surface area contributed by atoms with E-state index in [4.69, 9.17) is 16.3 Å². The van der Waals surface area contributed by atoms with Crippen LogP contribution >= 0.6 is 11.6 Å². The SMILES string of the molecule is CN(C)CCCN(C)C(=O)c1ccc(OC2CCN(CC(c3ccccc3)c3ccccc3)CC2)c(Cl)c1. The molecule has 1 amide bonds. The monoisotopic (exact) mass is 533 g/mol. The topological polar surface area (TPSA) is 36.0 Å². The van der Waals surface area contributed by atoms with Crippen LogP contribution in [0.1, 0.15) is 46.7 Å². The Morgan fingerprint density at radius 2 is 1.53 bits per heavy atom. The van der Waals surface area contributed by atoms with E-state index < -0.39 is 0 Å². The highest BCUT2D eigenvalue weighted by Crippen LogP contribution is 2.30. The molecular weight excluding hydrogens is 494 g/mol. The van der Waals surface area contributed by atoms with Gasteiger partial charge in [0.15, 0.2) is 0 Å². The van der Waals surface area contributed by atoms with Crippen LogP contribution in [-0.4, -0.2) is 80.6 Å². The average Bonchev–Trinajstić information content (AvgIpc) is 2.94. The number of hydrogen-bond donors (Lipinski definition) is 0. The molecule has 1 aliphatic heterocycles. The lowest BCUT2D eigenvalue weighted by Gasteiger charge is -2.35. The first-order valence-electron chi connectivity index (χ1n) is 13.6. The molecule has 4 rings (SSSR count). The largest absolute Gasteiger partial charge is 0.489 e. The van der Waals surface area contributed by atoms with E-state index in [2.05, 4.69) is 70.5 Å². The number of likely N-dealkylation sites (tertiary alicyclic amines) is 1. The van der Waals surface area contributed by atoms with Gasteiger partial charge >= 0.3 is 0 Å². The van der Waals surface area contributed by atoms with Gasteiger partial charge in [-0.15, -0.1) is 0 Å². The van der Waals surface area contributed by atoms with Gasteiger partial charge in [-0.05, 0) is 69.2 Å². The third-order valence-corrected chi connectivity index (χ3v) is 7.59. The van der Waals surface area contributed by atoms with Crippen molar-refractivity contribution in [3.8, 4) is 5.75 Å². The van der Waals surface area contributed by atoms with E-state index >= 15 is 0 Å². The van der Waals surface area contributed by atoms with Gasteiger partial charge < -0.3 is 19.4 Å². The summed E-state index contributed by atoms with van der Waals surface area (Å²) >= 11 is 6.56. The minimum atomic E-state index is -0.0168. The molecule has 5 nitrogen and oxygen atoms in total. The number of hydrogen-bond acceptors (Lipinski definition) is 4. The number of rotatable bonds is 11. The van der Waals surface area contributed by atoms with E-state index in [1.807, 2.05) is 33.3 Å². The van der Waals surface area contributed by atoms with Crippen molar-refractivity contribution in [3.05, 3.63) is 101 Å². The van der Waals surface area contributed by atoms with Crippen molar-refractivity contribution in [2.75, 3.05) is 53.9 Å². The molecule has 3 aromatic carbocycles. The molecule has 0 N–H and O–H groups in total. The molecule has 0 aromatic heterocycles. The molecule has 6 heteroatoms. The highest BCUT2D eigenvalue weighted by atomic mass is 35.5. The number of benzene rings is 3. The minimum absolute atomic E-state index is 0.0168. The number of carbonyl (C=O) groups is 1. The molecule has 1 saturated heterocycles. The fourth-order valence-corrected chi connectivity index (χ4v) is 5.32. The second-order valence-corrected chi connectivity index (χ2v) is 10.9. The molecule has 0 bridgehead atoms. The molecule has 1 aliphatic rings. The molecule has 202 valence electrons. The molecule has 0 atom stereocenters. The normalized spacial score (nSPS) is 14.7. The Bertz CT molecular complexity index is 1110. The number of carbonyl (C=O) groups excluding carboxylic acids is 1. The molecule has 38 heavy (non-hydrogen) atoms. The second-order valence-electron chi connectivity index (χ2n) is 10.5. The van der Waals surface area contributed by atoms with Crippen molar-refractivity contribution in [1.82, 2.24) is 14.7 Å². The van der Waals surface area contributed by atoms with Gasteiger partial charge in [-0.25, -0.2) is 0 Å². The zero-order valence-corrected chi connectivity index (χ0v) is 23.6. The van der Waals surface area contributed by atoms with E-state index in [1.165, 1.54) is 11.1 Å². The summed E-state index contributed by atoms with van der Waals surface area (Å²) in [7, 11) is 5.91. The van der Waals surface area contributed by atoms with E-state index in [1.54, 1.807) is 11.0 Å². The molecule has 0 spiro atoms. The predicted molar refractivity (Wildman–Crippen MR) is 156 cm³/mol. The van der Waals surface area contributed by atoms with Crippen LogP contribution in [0.15, 0.2) is 78.9 Å². The Labute approximate surface area is 233 Å². The lowest BCUT2D eigenvalue weighted by atomic mass is 9.90. The van der Waals surface area contributed by atoms with Crippen LogP contribution in [0.5, 0.6) is 5.75 Å². The third-order valence-electron chi connectivity index (χ3n) is 7.30. The molecule has 0 aliphatic carbocycles. The molecular formula is C32H40ClN3O2. The Morgan fingerprint density at radius 1 is 0.921 bits per heavy atom. The number of nitrogens with zero attached hydrogens (tertiary/aromatic N) is 3. The van der Waals surface area contributed by atoms with Gasteiger partial charge in [0.2, 0.25) is 0 Å². The summed E-state index contributed by atoms with van der Waals surface area (Å²) in [6.45, 7) is 4.60. The van der Waals surface area contributed by atoms with Gasteiger partial charge in [0.05, 0.1) is 5.02 Å². The van der Waals surface area contributed by atoms with Crippen LogP contribution in [0, 0.1) is 0 Å². The smallest absolute Gasteiger partial charge is 0.253 e. The third kappa shape index (κ3) is 7.83. The predicted octanol–water partition coefficient (Wildman–Crippen LogP) is 6.04. The highest BCUT2D eigenvalue weighted by molar-refractivity contribution is 6.32. The quantitative estimate of drug-likeness (QED) is 0.301. The summed E-state index contributed by atoms with van der Waals surface area (Å²) in [6, 6.07) is 27.0. The number of ether oxygens (including phenoxy) is 1. The van der Waals surface area contributed by atoms with Crippen molar-refractivity contribution >= 4 is 17.5 Å². The Hall–Kier alpha value is -2.86. The number of piperidine rings is 1. The van der Waals surface area contributed by atoms with Gasteiger partial charge in [-0.3, -0.25) is 4.79 Å². The summed E-state index contributed by atoms with van der Waals surface area (Å²) in [6.07, 6.45) is 2.94. The van der Waals surface area contributed by atoms with Gasteiger partial charge in [0.25, 0.3) is 5.91 Å². The van der Waals surface area contributed by atoms with Gasteiger partial charge in [-0.1, -0.05) is 72.3 Å². The summed E-state index contributed by atoms with van der Waals surface area (Å²) < 4.78 is 6.31. The van der Waals surface area contributed by atoms with E-state index in [-0.39, 0.29) is 12.0 Å². The van der Waals surface area contributed by atoms with Gasteiger partial charge in [-0.2, -0.15) is 0 Å². The van der Waals surface area contributed by atoms with Crippen molar-refractivity contribution in [1.29, 1.82) is 0 Å². The van der Waals surface area contributed by atoms with Crippen LogP contribution in [0.25, 0.3) is 0 Å². The first-order chi connectivity index (χ1) is 18.4. The highest BCUT2D eigenvalue weighted by Gasteiger charge is 2.25. The second kappa shape index (κ2) is 13.8. The summed E-state index contributed by atoms with van der Waals surface area (Å²) in [4.78, 5) is 19.2. The van der Waals surface area contributed by atoms with Crippen LogP contribution in [0.3, 0.4) is 0 Å². The van der Waals surface area contributed by atoms with Gasteiger partial charge in [0.1, 0.15) is 11.9 Å². The van der Waals surface area contributed by atoms with Crippen LogP contribution in [0.2, 0.25) is 5.02 Å². The first kappa shape index (κ1) is 28.2. The van der Waals surface area contributed by atoms with E-state index in [0.29, 0.717) is 28.8 Å². The fraction of sp³-hybridized carbons (Fsp3) is 0.406. The lowest BCUT2D eigenvalue weighted by Crippen LogP contribution is -2.40. The Kier molecular flexibility index (Phi) is 10.2. The van der Waals surface area contributed by atoms with Crippen LogP contribution < -0.4 is 4.74 Å².